The van der Waals surface area contributed by atoms with E-state index in [0.717, 1.165) is 0 Å². The number of hydrogen-bond donors (Lipinski definition) is 3. The van der Waals surface area contributed by atoms with Gasteiger partial charge in [-0.1, -0.05) is 72.3 Å². The third kappa shape index (κ3) is 4.28. The minimum Gasteiger partial charge on any atom is -0.423 e. The molecular weight excluding hydrogens is 388 g/mol. The molecule has 0 radical (unpaired) electrons. The number of oxazole rings is 1. The highest BCUT2D eigenvalue weighted by Gasteiger charge is 2.24. The molecule has 1 unspecified atom stereocenters. The maximum absolute atomic E-state index is 13.0. The Morgan fingerprint density at radius 2 is 1.69 bits per heavy atom. The average molecular weight is 405 g/mol. The van der Waals surface area contributed by atoms with Gasteiger partial charge < -0.3 is 15.1 Å². The molecule has 4 rings (SSSR count). The number of benzene rings is 3. The standard InChI is InChI=1S/C22H17ClN4O2/c23-16-11-12-17-18(13-16)29-22(25-17)26-19(14-7-3-1-4-8-14)21(28)27-20(24)15-9-5-2-6-10-15/h1-13,19H,(H,25,26)(H2,24,27,28). The molecule has 144 valence electrons. The molecule has 6 nitrogen and oxygen atoms in total. The van der Waals surface area contributed by atoms with Gasteiger partial charge in [0.2, 0.25) is 0 Å². The lowest BCUT2D eigenvalue weighted by molar-refractivity contribution is -0.120. The number of aromatic nitrogens is 1. The Hall–Kier alpha value is -3.64. The first-order chi connectivity index (χ1) is 14.1. The molecule has 0 aliphatic carbocycles. The van der Waals surface area contributed by atoms with Gasteiger partial charge >= 0.3 is 0 Å². The van der Waals surface area contributed by atoms with Gasteiger partial charge in [-0.05, 0) is 17.7 Å². The predicted molar refractivity (Wildman–Crippen MR) is 113 cm³/mol. The fourth-order valence-corrected chi connectivity index (χ4v) is 3.06. The van der Waals surface area contributed by atoms with Gasteiger partial charge in [0.25, 0.3) is 11.9 Å². The van der Waals surface area contributed by atoms with Gasteiger partial charge in [0, 0.05) is 16.7 Å². The Labute approximate surface area is 172 Å². The minimum absolute atomic E-state index is 0.0164. The Morgan fingerprint density at radius 3 is 2.41 bits per heavy atom. The lowest BCUT2D eigenvalue weighted by Crippen LogP contribution is -2.37. The summed E-state index contributed by atoms with van der Waals surface area (Å²) in [6, 6.07) is 22.7. The van der Waals surface area contributed by atoms with Crippen molar-refractivity contribution in [1.82, 2.24) is 10.3 Å². The van der Waals surface area contributed by atoms with Crippen molar-refractivity contribution in [2.75, 3.05) is 5.32 Å². The molecular formula is C22H17ClN4O2. The first kappa shape index (κ1) is 18.7. The molecule has 0 aliphatic rings. The number of anilines is 1. The van der Waals surface area contributed by atoms with Crippen LogP contribution in [0.25, 0.3) is 11.1 Å². The fourth-order valence-electron chi connectivity index (χ4n) is 2.90. The second kappa shape index (κ2) is 8.16. The van der Waals surface area contributed by atoms with E-state index in [-0.39, 0.29) is 11.9 Å². The summed E-state index contributed by atoms with van der Waals surface area (Å²) < 4.78 is 5.70. The molecule has 0 spiro atoms. The summed E-state index contributed by atoms with van der Waals surface area (Å²) in [5.41, 5.74) is 2.47. The van der Waals surface area contributed by atoms with Crippen LogP contribution in [-0.2, 0) is 4.79 Å². The molecule has 4 aromatic rings. The minimum atomic E-state index is -0.802. The van der Waals surface area contributed by atoms with Gasteiger partial charge in [-0.3, -0.25) is 10.2 Å². The van der Waals surface area contributed by atoms with Crippen molar-refractivity contribution in [2.45, 2.75) is 6.04 Å². The van der Waals surface area contributed by atoms with E-state index in [1.54, 1.807) is 30.3 Å². The van der Waals surface area contributed by atoms with Gasteiger partial charge in [-0.15, -0.1) is 0 Å². The van der Waals surface area contributed by atoms with Crippen molar-refractivity contribution in [3.63, 3.8) is 0 Å². The van der Waals surface area contributed by atoms with Gasteiger partial charge in [-0.25, -0.2) is 0 Å². The maximum atomic E-state index is 13.0. The fraction of sp³-hybridized carbons (Fsp3) is 0.0455. The molecule has 1 atom stereocenters. The number of carbonyl (C=O) groups excluding carboxylic acids is 1. The second-order valence-corrected chi connectivity index (χ2v) is 6.79. The van der Waals surface area contributed by atoms with Crippen molar-refractivity contribution in [1.29, 1.82) is 5.41 Å². The number of hydrogen-bond acceptors (Lipinski definition) is 5. The number of amides is 1. The smallest absolute Gasteiger partial charge is 0.296 e. The van der Waals surface area contributed by atoms with Crippen molar-refractivity contribution in [2.24, 2.45) is 0 Å². The van der Waals surface area contributed by atoms with E-state index in [1.807, 2.05) is 48.5 Å². The lowest BCUT2D eigenvalue weighted by Gasteiger charge is -2.18. The number of amidine groups is 1. The highest BCUT2D eigenvalue weighted by Crippen LogP contribution is 2.25. The maximum Gasteiger partial charge on any atom is 0.296 e. The predicted octanol–water partition coefficient (Wildman–Crippen LogP) is 4.78. The van der Waals surface area contributed by atoms with Crippen LogP contribution < -0.4 is 10.6 Å². The van der Waals surface area contributed by atoms with E-state index in [9.17, 15) is 4.79 Å². The number of nitrogens with one attached hydrogen (secondary N) is 3. The van der Waals surface area contributed by atoms with Crippen LogP contribution in [0.15, 0.2) is 83.3 Å². The summed E-state index contributed by atoms with van der Waals surface area (Å²) in [7, 11) is 0. The quantitative estimate of drug-likeness (QED) is 0.330. The van der Waals surface area contributed by atoms with Crippen molar-refractivity contribution in [3.05, 3.63) is 95.0 Å². The van der Waals surface area contributed by atoms with Gasteiger partial charge in [0.1, 0.15) is 17.4 Å². The molecule has 0 saturated heterocycles. The van der Waals surface area contributed by atoms with E-state index < -0.39 is 11.9 Å². The van der Waals surface area contributed by atoms with Crippen LogP contribution in [0, 0.1) is 5.41 Å². The summed E-state index contributed by atoms with van der Waals surface area (Å²) in [6.45, 7) is 0. The third-order valence-electron chi connectivity index (χ3n) is 4.32. The third-order valence-corrected chi connectivity index (χ3v) is 4.56. The molecule has 29 heavy (non-hydrogen) atoms. The molecule has 3 N–H and O–H groups in total. The number of fused-ring (bicyclic) bond motifs is 1. The van der Waals surface area contributed by atoms with Crippen LogP contribution in [0.2, 0.25) is 5.02 Å². The van der Waals surface area contributed by atoms with Gasteiger partial charge in [0.05, 0.1) is 0 Å². The molecule has 3 aromatic carbocycles. The van der Waals surface area contributed by atoms with Crippen LogP contribution >= 0.6 is 11.6 Å². The first-order valence-electron chi connectivity index (χ1n) is 8.92. The van der Waals surface area contributed by atoms with E-state index in [1.165, 1.54) is 0 Å². The normalized spacial score (nSPS) is 11.8. The summed E-state index contributed by atoms with van der Waals surface area (Å²) in [4.78, 5) is 17.4. The molecule has 7 heteroatoms. The van der Waals surface area contributed by atoms with Gasteiger partial charge in [-0.2, -0.15) is 4.98 Å². The number of carbonyl (C=O) groups is 1. The van der Waals surface area contributed by atoms with E-state index >= 15 is 0 Å². The number of halogens is 1. The zero-order chi connectivity index (χ0) is 20.2. The molecule has 1 aromatic heterocycles. The summed E-state index contributed by atoms with van der Waals surface area (Å²) >= 11 is 6.00. The highest BCUT2D eigenvalue weighted by molar-refractivity contribution is 6.31. The Bertz CT molecular complexity index is 1160. The van der Waals surface area contributed by atoms with Crippen LogP contribution in [0.5, 0.6) is 0 Å². The topological polar surface area (TPSA) is 91.0 Å². The van der Waals surface area contributed by atoms with Gasteiger partial charge in [0.15, 0.2) is 5.58 Å². The summed E-state index contributed by atoms with van der Waals surface area (Å²) in [5.74, 6) is -0.381. The SMILES string of the molecule is N=C(NC(=O)C(Nc1nc2ccc(Cl)cc2o1)c1ccccc1)c1ccccc1. The molecule has 0 saturated carbocycles. The first-order valence-corrected chi connectivity index (χ1v) is 9.30. The molecule has 1 amide bonds. The monoisotopic (exact) mass is 404 g/mol. The molecule has 0 aliphatic heterocycles. The molecule has 1 heterocycles. The van der Waals surface area contributed by atoms with Crippen LogP contribution in [0.4, 0.5) is 6.01 Å². The van der Waals surface area contributed by atoms with Crippen LogP contribution in [0.3, 0.4) is 0 Å². The molecule has 0 bridgehead atoms. The number of nitrogens with zero attached hydrogens (tertiary/aromatic N) is 1. The van der Waals surface area contributed by atoms with E-state index in [4.69, 9.17) is 21.4 Å². The Balaban J connectivity index is 1.60. The largest absolute Gasteiger partial charge is 0.423 e. The second-order valence-electron chi connectivity index (χ2n) is 6.35. The highest BCUT2D eigenvalue weighted by atomic mass is 35.5. The van der Waals surface area contributed by atoms with E-state index in [2.05, 4.69) is 15.6 Å². The average Bonchev–Trinajstić information content (AvgIpc) is 3.14. The van der Waals surface area contributed by atoms with Crippen LogP contribution in [-0.4, -0.2) is 16.7 Å². The van der Waals surface area contributed by atoms with Crippen molar-refractivity contribution in [3.8, 4) is 0 Å². The number of rotatable bonds is 5. The van der Waals surface area contributed by atoms with Crippen LogP contribution in [0.1, 0.15) is 17.2 Å². The lowest BCUT2D eigenvalue weighted by atomic mass is 10.1. The summed E-state index contributed by atoms with van der Waals surface area (Å²) in [5, 5.41) is 14.4. The van der Waals surface area contributed by atoms with E-state index in [0.29, 0.717) is 27.2 Å². The zero-order valence-electron chi connectivity index (χ0n) is 15.2. The van der Waals surface area contributed by atoms with Crippen molar-refractivity contribution < 1.29 is 9.21 Å². The zero-order valence-corrected chi connectivity index (χ0v) is 16.0. The summed E-state index contributed by atoms with van der Waals surface area (Å²) in [6.07, 6.45) is 0. The Kier molecular flexibility index (Phi) is 5.27. The Morgan fingerprint density at radius 1 is 1.00 bits per heavy atom. The molecule has 0 fully saturated rings. The van der Waals surface area contributed by atoms with Crippen molar-refractivity contribution >= 4 is 40.5 Å².